The fourth-order valence-corrected chi connectivity index (χ4v) is 8.52. The minimum absolute atomic E-state index is 0.0156. The molecule has 4 aliphatic carbocycles. The first-order valence-electron chi connectivity index (χ1n) is 13.4. The lowest BCUT2D eigenvalue weighted by molar-refractivity contribution is -0.186. The van der Waals surface area contributed by atoms with E-state index in [2.05, 4.69) is 13.8 Å². The van der Waals surface area contributed by atoms with E-state index in [-0.39, 0.29) is 36.9 Å². The van der Waals surface area contributed by atoms with Crippen molar-refractivity contribution in [3.8, 4) is 0 Å². The van der Waals surface area contributed by atoms with E-state index in [1.807, 2.05) is 20.8 Å². The summed E-state index contributed by atoms with van der Waals surface area (Å²) in [4.78, 5) is 13.3. The van der Waals surface area contributed by atoms with Gasteiger partial charge in [-0.15, -0.1) is 0 Å². The van der Waals surface area contributed by atoms with E-state index >= 15 is 0 Å². The van der Waals surface area contributed by atoms with E-state index < -0.39 is 58.3 Å². The fraction of sp³-hybridized carbons (Fsp3) is 0.893. The van der Waals surface area contributed by atoms with Gasteiger partial charge in [0.1, 0.15) is 0 Å². The predicted molar refractivity (Wildman–Crippen MR) is 131 cm³/mol. The number of aliphatic hydroxyl groups is 6. The zero-order valence-corrected chi connectivity index (χ0v) is 22.1. The van der Waals surface area contributed by atoms with Gasteiger partial charge in [0, 0.05) is 23.7 Å². The molecule has 4 aliphatic rings. The van der Waals surface area contributed by atoms with Crippen molar-refractivity contribution in [1.29, 1.82) is 0 Å². The number of ketones is 1. The van der Waals surface area contributed by atoms with Crippen molar-refractivity contribution in [2.75, 3.05) is 0 Å². The smallest absolute Gasteiger partial charge is 0.159 e. The van der Waals surface area contributed by atoms with Crippen LogP contribution in [0.25, 0.3) is 0 Å². The third-order valence-corrected chi connectivity index (χ3v) is 11.2. The minimum Gasteiger partial charge on any atom is -0.393 e. The molecule has 1 unspecified atom stereocenters. The molecule has 0 bridgehead atoms. The standard InChI is InChI=1S/C28H46O7/c1-14(2)15(3)9-23(33)27(6,34)24-22(32)13-28(35)17-10-19(29)18-11-20(30)21(31)12-25(18,4)16(17)7-8-26(24,28)5/h10,14-16,18,20-24,30-35H,7-9,11-13H2,1-6H3/t15-,16-,18?,20+,21-,22-,23+,24-,25+,26+,27-,28+/m0/s1. The van der Waals surface area contributed by atoms with Crippen LogP contribution in [0.4, 0.5) is 0 Å². The van der Waals surface area contributed by atoms with Crippen LogP contribution in [0.1, 0.15) is 80.1 Å². The second-order valence-electron chi connectivity index (χ2n) is 13.5. The Balaban J connectivity index is 1.72. The van der Waals surface area contributed by atoms with E-state index in [0.717, 1.165) is 0 Å². The van der Waals surface area contributed by atoms with Crippen molar-refractivity contribution in [1.82, 2.24) is 0 Å². The van der Waals surface area contributed by atoms with Gasteiger partial charge >= 0.3 is 0 Å². The van der Waals surface area contributed by atoms with Crippen molar-refractivity contribution in [3.63, 3.8) is 0 Å². The van der Waals surface area contributed by atoms with E-state index in [0.29, 0.717) is 30.8 Å². The maximum absolute atomic E-state index is 13.3. The van der Waals surface area contributed by atoms with E-state index in [1.54, 1.807) is 6.92 Å². The summed E-state index contributed by atoms with van der Waals surface area (Å²) in [5.41, 5.74) is -4.12. The molecule has 7 nitrogen and oxygen atoms in total. The summed E-state index contributed by atoms with van der Waals surface area (Å²) in [5.74, 6) is -1.04. The second kappa shape index (κ2) is 8.60. The molecule has 7 heteroatoms. The molecule has 0 heterocycles. The fourth-order valence-electron chi connectivity index (χ4n) is 8.52. The van der Waals surface area contributed by atoms with Gasteiger partial charge in [-0.2, -0.15) is 0 Å². The molecule has 3 fully saturated rings. The van der Waals surface area contributed by atoms with Crippen LogP contribution in [0.15, 0.2) is 11.6 Å². The first kappa shape index (κ1) is 27.2. The number of carbonyl (C=O) groups is 1. The summed E-state index contributed by atoms with van der Waals surface area (Å²) in [6.07, 6.45) is -0.487. The zero-order valence-electron chi connectivity index (χ0n) is 22.1. The topological polar surface area (TPSA) is 138 Å². The highest BCUT2D eigenvalue weighted by atomic mass is 16.3. The van der Waals surface area contributed by atoms with E-state index in [4.69, 9.17) is 0 Å². The molecular weight excluding hydrogens is 448 g/mol. The van der Waals surface area contributed by atoms with Crippen molar-refractivity contribution in [2.24, 2.45) is 40.4 Å². The van der Waals surface area contributed by atoms with Crippen LogP contribution in [-0.4, -0.2) is 72.0 Å². The maximum atomic E-state index is 13.3. The second-order valence-corrected chi connectivity index (χ2v) is 13.5. The summed E-state index contributed by atoms with van der Waals surface area (Å²) >= 11 is 0. The maximum Gasteiger partial charge on any atom is 0.159 e. The highest BCUT2D eigenvalue weighted by Gasteiger charge is 2.71. The summed E-state index contributed by atoms with van der Waals surface area (Å²) in [7, 11) is 0. The van der Waals surface area contributed by atoms with Gasteiger partial charge in [0.15, 0.2) is 5.78 Å². The SMILES string of the molecule is CC(C)[C@@H](C)C[C@@H](O)[C@](C)(O)[C@H]1[C@@H](O)C[C@@]2(O)C3=CC(=O)C4C[C@@H](O)[C@@H](O)C[C@]4(C)[C@H]3CC[C@]12C. The summed E-state index contributed by atoms with van der Waals surface area (Å²) in [6, 6.07) is 0. The highest BCUT2D eigenvalue weighted by Crippen LogP contribution is 2.68. The quantitative estimate of drug-likeness (QED) is 0.343. The largest absolute Gasteiger partial charge is 0.393 e. The number of allylic oxidation sites excluding steroid dienone is 1. The lowest BCUT2D eigenvalue weighted by atomic mass is 9.45. The van der Waals surface area contributed by atoms with Gasteiger partial charge in [-0.25, -0.2) is 0 Å². The van der Waals surface area contributed by atoms with Crippen LogP contribution in [-0.2, 0) is 4.79 Å². The summed E-state index contributed by atoms with van der Waals surface area (Å²) in [5, 5.41) is 67.1. The average Bonchev–Trinajstić information content (AvgIpc) is 2.95. The normalized spacial score (nSPS) is 48.9. The Morgan fingerprint density at radius 3 is 2.29 bits per heavy atom. The summed E-state index contributed by atoms with van der Waals surface area (Å²) in [6.45, 7) is 11.6. The lowest BCUT2D eigenvalue weighted by Gasteiger charge is -2.60. The Morgan fingerprint density at radius 1 is 1.06 bits per heavy atom. The molecule has 35 heavy (non-hydrogen) atoms. The minimum atomic E-state index is -1.63. The van der Waals surface area contributed by atoms with Crippen LogP contribution in [0, 0.1) is 40.4 Å². The van der Waals surface area contributed by atoms with Gasteiger partial charge in [0.25, 0.3) is 0 Å². The molecule has 0 aromatic rings. The first-order chi connectivity index (χ1) is 16.0. The van der Waals surface area contributed by atoms with Crippen LogP contribution < -0.4 is 0 Å². The molecule has 12 atom stereocenters. The molecule has 3 saturated carbocycles. The Labute approximate surface area is 209 Å². The molecule has 0 aromatic carbocycles. The predicted octanol–water partition coefficient (Wildman–Crippen LogP) is 1.96. The van der Waals surface area contributed by atoms with Gasteiger partial charge in [-0.3, -0.25) is 4.79 Å². The Morgan fingerprint density at radius 2 is 1.69 bits per heavy atom. The molecule has 0 amide bonds. The molecule has 0 spiro atoms. The van der Waals surface area contributed by atoms with Crippen molar-refractivity contribution >= 4 is 5.78 Å². The van der Waals surface area contributed by atoms with Gasteiger partial charge in [0.2, 0.25) is 0 Å². The number of rotatable bonds is 5. The monoisotopic (exact) mass is 494 g/mol. The molecule has 0 saturated heterocycles. The molecule has 200 valence electrons. The van der Waals surface area contributed by atoms with Crippen LogP contribution in [0.5, 0.6) is 0 Å². The third-order valence-electron chi connectivity index (χ3n) is 11.2. The number of carbonyl (C=O) groups excluding carboxylic acids is 1. The van der Waals surface area contributed by atoms with Crippen molar-refractivity contribution in [2.45, 2.75) is 116 Å². The Hall–Kier alpha value is -0.830. The van der Waals surface area contributed by atoms with Gasteiger partial charge in [0.05, 0.1) is 35.6 Å². The van der Waals surface area contributed by atoms with Crippen LogP contribution >= 0.6 is 0 Å². The third kappa shape index (κ3) is 3.79. The molecular formula is C28H46O7. The van der Waals surface area contributed by atoms with E-state index in [1.165, 1.54) is 6.08 Å². The molecule has 6 N–H and O–H groups in total. The number of hydrogen-bond donors (Lipinski definition) is 6. The molecule has 0 aromatic heterocycles. The zero-order chi connectivity index (χ0) is 26.3. The van der Waals surface area contributed by atoms with Crippen LogP contribution in [0.3, 0.4) is 0 Å². The number of hydrogen-bond acceptors (Lipinski definition) is 7. The molecule has 4 rings (SSSR count). The van der Waals surface area contributed by atoms with E-state index in [9.17, 15) is 35.4 Å². The van der Waals surface area contributed by atoms with Crippen molar-refractivity contribution < 1.29 is 35.4 Å². The Bertz CT molecular complexity index is 883. The molecule has 0 aliphatic heterocycles. The molecule has 0 radical (unpaired) electrons. The highest BCUT2D eigenvalue weighted by molar-refractivity contribution is 5.95. The summed E-state index contributed by atoms with van der Waals surface area (Å²) < 4.78 is 0. The lowest BCUT2D eigenvalue weighted by Crippen LogP contribution is -2.63. The Kier molecular flexibility index (Phi) is 6.69. The first-order valence-corrected chi connectivity index (χ1v) is 13.4. The van der Waals surface area contributed by atoms with Gasteiger partial charge in [-0.1, -0.05) is 34.6 Å². The van der Waals surface area contributed by atoms with Gasteiger partial charge < -0.3 is 30.6 Å². The average molecular weight is 495 g/mol. The van der Waals surface area contributed by atoms with Crippen molar-refractivity contribution in [3.05, 3.63) is 11.6 Å². The van der Waals surface area contributed by atoms with Gasteiger partial charge in [-0.05, 0) is 73.8 Å². The number of fused-ring (bicyclic) bond motifs is 5. The van der Waals surface area contributed by atoms with Crippen LogP contribution in [0.2, 0.25) is 0 Å². The number of aliphatic hydroxyl groups excluding tert-OH is 4.